The van der Waals surface area contributed by atoms with Crippen molar-refractivity contribution in [1.29, 1.82) is 0 Å². The minimum Gasteiger partial charge on any atom is -0.506 e. The van der Waals surface area contributed by atoms with Crippen molar-refractivity contribution in [2.75, 3.05) is 0 Å². The van der Waals surface area contributed by atoms with Crippen LogP contribution in [0.15, 0.2) is 27.8 Å². The van der Waals surface area contributed by atoms with E-state index in [1.807, 2.05) is 0 Å². The van der Waals surface area contributed by atoms with Crippen molar-refractivity contribution in [3.63, 3.8) is 0 Å². The zero-order chi connectivity index (χ0) is 11.2. The molecule has 0 aliphatic carbocycles. The zero-order valence-electron chi connectivity index (χ0n) is 8.39. The number of aryl methyl sites for hydroxylation is 2. The van der Waals surface area contributed by atoms with E-state index in [4.69, 9.17) is 0 Å². The van der Waals surface area contributed by atoms with Crippen LogP contribution in [0.4, 0.5) is 0 Å². The summed E-state index contributed by atoms with van der Waals surface area (Å²) in [6.45, 7) is 0. The highest BCUT2D eigenvalue weighted by atomic mass is 16.3. The number of benzene rings is 1. The molecular formula is C10H10N2O3. The molecule has 0 aliphatic rings. The Bertz CT molecular complexity index is 652. The van der Waals surface area contributed by atoms with Crippen LogP contribution in [0.25, 0.3) is 11.0 Å². The topological polar surface area (TPSA) is 64.2 Å². The van der Waals surface area contributed by atoms with Gasteiger partial charge in [0, 0.05) is 14.1 Å². The average Bonchev–Trinajstić information content (AvgIpc) is 2.23. The van der Waals surface area contributed by atoms with Crippen LogP contribution in [0.2, 0.25) is 0 Å². The molecule has 1 heterocycles. The predicted octanol–water partition coefficient (Wildman–Crippen LogP) is -0.0572. The van der Waals surface area contributed by atoms with Gasteiger partial charge in [0.1, 0.15) is 11.3 Å². The number of hydrogen-bond donors (Lipinski definition) is 1. The van der Waals surface area contributed by atoms with Gasteiger partial charge in [-0.25, -0.2) is 0 Å². The standard InChI is InChI=1S/C10H10N2O3/c1-11-6-4-3-5-7(13)8(6)12(2)10(15)9(11)14/h3-5,13H,1-2H3. The van der Waals surface area contributed by atoms with Gasteiger partial charge in [0.25, 0.3) is 0 Å². The van der Waals surface area contributed by atoms with E-state index in [0.717, 1.165) is 4.57 Å². The quantitative estimate of drug-likeness (QED) is 0.614. The second-order valence-corrected chi connectivity index (χ2v) is 3.37. The maximum absolute atomic E-state index is 11.5. The number of phenolic OH excluding ortho intramolecular Hbond substituents is 1. The first-order valence-electron chi connectivity index (χ1n) is 4.41. The number of aromatic nitrogens is 2. The fourth-order valence-corrected chi connectivity index (χ4v) is 1.63. The highest BCUT2D eigenvalue weighted by Crippen LogP contribution is 2.20. The van der Waals surface area contributed by atoms with E-state index in [0.29, 0.717) is 11.0 Å². The van der Waals surface area contributed by atoms with Gasteiger partial charge in [0.2, 0.25) is 0 Å². The summed E-state index contributed by atoms with van der Waals surface area (Å²) in [5.41, 5.74) is -0.353. The normalized spacial score (nSPS) is 10.8. The lowest BCUT2D eigenvalue weighted by Gasteiger charge is -2.09. The number of fused-ring (bicyclic) bond motifs is 1. The molecule has 0 atom stereocenters. The summed E-state index contributed by atoms with van der Waals surface area (Å²) in [4.78, 5) is 22.9. The number of hydrogen-bond acceptors (Lipinski definition) is 3. The van der Waals surface area contributed by atoms with Gasteiger partial charge in [-0.05, 0) is 12.1 Å². The number of phenols is 1. The van der Waals surface area contributed by atoms with Crippen LogP contribution >= 0.6 is 0 Å². The largest absolute Gasteiger partial charge is 0.506 e. The minimum atomic E-state index is -0.647. The molecule has 0 bridgehead atoms. The SMILES string of the molecule is Cn1c(=O)c(=O)n(C)c2c(O)cccc21. The number of aromatic hydroxyl groups is 1. The van der Waals surface area contributed by atoms with E-state index in [1.165, 1.54) is 24.7 Å². The lowest BCUT2D eigenvalue weighted by Crippen LogP contribution is -2.39. The van der Waals surface area contributed by atoms with Gasteiger partial charge in [-0.2, -0.15) is 0 Å². The highest BCUT2D eigenvalue weighted by Gasteiger charge is 2.10. The average molecular weight is 206 g/mol. The van der Waals surface area contributed by atoms with Crippen molar-refractivity contribution in [3.8, 4) is 5.75 Å². The molecule has 0 aliphatic heterocycles. The second-order valence-electron chi connectivity index (χ2n) is 3.37. The molecule has 0 fully saturated rings. The van der Waals surface area contributed by atoms with E-state index in [9.17, 15) is 14.7 Å². The summed E-state index contributed by atoms with van der Waals surface area (Å²) < 4.78 is 2.39. The molecule has 1 aromatic carbocycles. The van der Waals surface area contributed by atoms with Crippen LogP contribution in [0.3, 0.4) is 0 Å². The van der Waals surface area contributed by atoms with Crippen molar-refractivity contribution in [3.05, 3.63) is 38.9 Å². The molecule has 78 valence electrons. The van der Waals surface area contributed by atoms with E-state index in [2.05, 4.69) is 0 Å². The Kier molecular flexibility index (Phi) is 1.89. The van der Waals surface area contributed by atoms with Gasteiger partial charge in [-0.15, -0.1) is 0 Å². The van der Waals surface area contributed by atoms with E-state index < -0.39 is 11.1 Å². The Balaban J connectivity index is 3.23. The van der Waals surface area contributed by atoms with E-state index >= 15 is 0 Å². The fourth-order valence-electron chi connectivity index (χ4n) is 1.63. The van der Waals surface area contributed by atoms with Crippen LogP contribution in [0.1, 0.15) is 0 Å². The maximum atomic E-state index is 11.5. The molecule has 2 aromatic rings. The zero-order valence-corrected chi connectivity index (χ0v) is 8.39. The highest BCUT2D eigenvalue weighted by molar-refractivity contribution is 5.81. The molecule has 0 spiro atoms. The van der Waals surface area contributed by atoms with Crippen LogP contribution in [0.5, 0.6) is 5.75 Å². The van der Waals surface area contributed by atoms with E-state index in [-0.39, 0.29) is 5.75 Å². The molecule has 0 unspecified atom stereocenters. The molecule has 0 amide bonds. The van der Waals surface area contributed by atoms with Gasteiger partial charge < -0.3 is 14.2 Å². The van der Waals surface area contributed by atoms with Gasteiger partial charge >= 0.3 is 11.1 Å². The summed E-state index contributed by atoms with van der Waals surface area (Å²) >= 11 is 0. The Morgan fingerprint density at radius 2 is 1.67 bits per heavy atom. The van der Waals surface area contributed by atoms with Crippen molar-refractivity contribution in [2.45, 2.75) is 0 Å². The first-order chi connectivity index (χ1) is 7.04. The van der Waals surface area contributed by atoms with Gasteiger partial charge in [-0.1, -0.05) is 6.07 Å². The third-order valence-electron chi connectivity index (χ3n) is 2.48. The second kappa shape index (κ2) is 2.98. The monoisotopic (exact) mass is 206 g/mol. The lowest BCUT2D eigenvalue weighted by molar-refractivity contribution is 0.477. The van der Waals surface area contributed by atoms with Crippen molar-refractivity contribution < 1.29 is 5.11 Å². The molecule has 0 saturated heterocycles. The van der Waals surface area contributed by atoms with Crippen molar-refractivity contribution in [2.24, 2.45) is 14.1 Å². The maximum Gasteiger partial charge on any atom is 0.316 e. The first-order valence-corrected chi connectivity index (χ1v) is 4.41. The molecule has 15 heavy (non-hydrogen) atoms. The summed E-state index contributed by atoms with van der Waals surface area (Å²) in [6, 6.07) is 4.78. The van der Waals surface area contributed by atoms with Crippen LogP contribution in [-0.2, 0) is 14.1 Å². The number of nitrogens with zero attached hydrogens (tertiary/aromatic N) is 2. The third-order valence-corrected chi connectivity index (χ3v) is 2.48. The number of para-hydroxylation sites is 1. The summed E-state index contributed by atoms with van der Waals surface area (Å²) in [7, 11) is 2.97. The van der Waals surface area contributed by atoms with Gasteiger partial charge in [-0.3, -0.25) is 9.59 Å². The Morgan fingerprint density at radius 3 is 2.33 bits per heavy atom. The Labute approximate surface area is 84.8 Å². The smallest absolute Gasteiger partial charge is 0.316 e. The molecule has 5 heteroatoms. The summed E-state index contributed by atoms with van der Waals surface area (Å²) in [6.07, 6.45) is 0. The summed E-state index contributed by atoms with van der Waals surface area (Å²) in [5.74, 6) is -0.0114. The van der Waals surface area contributed by atoms with Crippen LogP contribution in [-0.4, -0.2) is 14.2 Å². The molecule has 2 rings (SSSR count). The molecular weight excluding hydrogens is 196 g/mol. The number of rotatable bonds is 0. The van der Waals surface area contributed by atoms with E-state index in [1.54, 1.807) is 12.1 Å². The first kappa shape index (κ1) is 9.51. The molecule has 0 radical (unpaired) electrons. The Hall–Kier alpha value is -2.04. The van der Waals surface area contributed by atoms with Crippen molar-refractivity contribution >= 4 is 11.0 Å². The van der Waals surface area contributed by atoms with Crippen molar-refractivity contribution in [1.82, 2.24) is 9.13 Å². The lowest BCUT2D eigenvalue weighted by atomic mass is 10.2. The Morgan fingerprint density at radius 1 is 1.07 bits per heavy atom. The fraction of sp³-hybridized carbons (Fsp3) is 0.200. The summed E-state index contributed by atoms with van der Waals surface area (Å²) in [5, 5.41) is 9.62. The molecule has 0 saturated carbocycles. The van der Waals surface area contributed by atoms with Crippen LogP contribution < -0.4 is 11.1 Å². The van der Waals surface area contributed by atoms with Gasteiger partial charge in [0.15, 0.2) is 0 Å². The molecule has 1 aromatic heterocycles. The van der Waals surface area contributed by atoms with Gasteiger partial charge in [0.05, 0.1) is 5.52 Å². The minimum absolute atomic E-state index is 0.0114. The molecule has 5 nitrogen and oxygen atoms in total. The molecule has 1 N–H and O–H groups in total. The third kappa shape index (κ3) is 1.16. The predicted molar refractivity (Wildman–Crippen MR) is 56.1 cm³/mol. The van der Waals surface area contributed by atoms with Crippen LogP contribution in [0, 0.1) is 0 Å².